The van der Waals surface area contributed by atoms with Crippen LogP contribution in [0, 0.1) is 0 Å². The standard InChI is InChI=1S/C20H21N3O5/c1-2-20(10-9-16(24)23-19(20)27)13-5-7-14(8-6-13)22-18(26)17(25)21-12-15-4-3-11-28-15/h3-8,11H,2,9-10,12H2,1H3,(H,21,25)(H,22,26)(H,23,24,27)/t20-/m0/s1. The zero-order valence-corrected chi connectivity index (χ0v) is 15.4. The number of carbonyl (C=O) groups excluding carboxylic acids is 4. The summed E-state index contributed by atoms with van der Waals surface area (Å²) in [6, 6.07) is 10.1. The minimum Gasteiger partial charge on any atom is -0.467 e. The van der Waals surface area contributed by atoms with Crippen LogP contribution in [0.25, 0.3) is 0 Å². The van der Waals surface area contributed by atoms with Crippen molar-refractivity contribution in [3.63, 3.8) is 0 Å². The van der Waals surface area contributed by atoms with Gasteiger partial charge in [0.15, 0.2) is 0 Å². The molecular formula is C20H21N3O5. The number of amides is 4. The molecular weight excluding hydrogens is 362 g/mol. The van der Waals surface area contributed by atoms with E-state index in [0.717, 1.165) is 5.56 Å². The summed E-state index contributed by atoms with van der Waals surface area (Å²) in [5.41, 5.74) is 0.428. The highest BCUT2D eigenvalue weighted by Gasteiger charge is 2.42. The Labute approximate surface area is 161 Å². The third-order valence-electron chi connectivity index (χ3n) is 4.97. The summed E-state index contributed by atoms with van der Waals surface area (Å²) in [7, 11) is 0. The Hall–Kier alpha value is -3.42. The summed E-state index contributed by atoms with van der Waals surface area (Å²) in [6.45, 7) is 2.01. The molecule has 1 saturated heterocycles. The van der Waals surface area contributed by atoms with E-state index in [1.54, 1.807) is 36.4 Å². The van der Waals surface area contributed by atoms with Crippen molar-refractivity contribution in [2.24, 2.45) is 0 Å². The lowest BCUT2D eigenvalue weighted by atomic mass is 9.72. The largest absolute Gasteiger partial charge is 0.467 e. The summed E-state index contributed by atoms with van der Waals surface area (Å²) in [5.74, 6) is -1.61. The molecule has 0 radical (unpaired) electrons. The highest BCUT2D eigenvalue weighted by atomic mass is 16.3. The van der Waals surface area contributed by atoms with Crippen LogP contribution in [0.1, 0.15) is 37.5 Å². The number of hydrogen-bond acceptors (Lipinski definition) is 5. The van der Waals surface area contributed by atoms with Crippen LogP contribution in [0.5, 0.6) is 0 Å². The minimum atomic E-state index is -0.800. The number of imide groups is 1. The number of hydrogen-bond donors (Lipinski definition) is 3. The molecule has 1 aromatic heterocycles. The van der Waals surface area contributed by atoms with Gasteiger partial charge in [0.05, 0.1) is 18.2 Å². The lowest BCUT2D eigenvalue weighted by Crippen LogP contribution is -2.51. The van der Waals surface area contributed by atoms with Crippen molar-refractivity contribution >= 4 is 29.3 Å². The molecule has 146 valence electrons. The maximum atomic E-state index is 12.4. The van der Waals surface area contributed by atoms with E-state index in [9.17, 15) is 19.2 Å². The Kier molecular flexibility index (Phi) is 5.58. The fraction of sp³-hybridized carbons (Fsp3) is 0.300. The molecule has 28 heavy (non-hydrogen) atoms. The monoisotopic (exact) mass is 383 g/mol. The molecule has 0 spiro atoms. The lowest BCUT2D eigenvalue weighted by Gasteiger charge is -2.35. The van der Waals surface area contributed by atoms with E-state index in [1.807, 2.05) is 6.92 Å². The van der Waals surface area contributed by atoms with Gasteiger partial charge < -0.3 is 15.1 Å². The van der Waals surface area contributed by atoms with Gasteiger partial charge in [-0.05, 0) is 42.7 Å². The van der Waals surface area contributed by atoms with Gasteiger partial charge in [-0.1, -0.05) is 19.1 Å². The van der Waals surface area contributed by atoms with E-state index in [1.165, 1.54) is 6.26 Å². The number of piperidine rings is 1. The molecule has 1 aliphatic heterocycles. The third-order valence-corrected chi connectivity index (χ3v) is 4.97. The molecule has 8 nitrogen and oxygen atoms in total. The van der Waals surface area contributed by atoms with Gasteiger partial charge >= 0.3 is 11.8 Å². The number of nitrogens with one attached hydrogen (secondary N) is 3. The maximum Gasteiger partial charge on any atom is 0.313 e. The molecule has 1 atom stereocenters. The number of anilines is 1. The molecule has 0 saturated carbocycles. The van der Waals surface area contributed by atoms with Gasteiger partial charge in [0.25, 0.3) is 0 Å². The second-order valence-corrected chi connectivity index (χ2v) is 6.61. The van der Waals surface area contributed by atoms with E-state index < -0.39 is 17.2 Å². The highest BCUT2D eigenvalue weighted by Crippen LogP contribution is 2.36. The Morgan fingerprint density at radius 1 is 1.14 bits per heavy atom. The smallest absolute Gasteiger partial charge is 0.313 e. The minimum absolute atomic E-state index is 0.116. The van der Waals surface area contributed by atoms with E-state index in [2.05, 4.69) is 16.0 Å². The number of furan rings is 1. The SMILES string of the molecule is CC[C@@]1(c2ccc(NC(=O)C(=O)NCc3ccco3)cc2)CCC(=O)NC1=O. The Morgan fingerprint density at radius 3 is 2.50 bits per heavy atom. The van der Waals surface area contributed by atoms with Gasteiger partial charge in [-0.2, -0.15) is 0 Å². The second-order valence-electron chi connectivity index (χ2n) is 6.61. The zero-order chi connectivity index (χ0) is 20.1. The average Bonchev–Trinajstić information content (AvgIpc) is 3.21. The molecule has 1 aliphatic rings. The molecule has 0 unspecified atom stereocenters. The number of benzene rings is 1. The normalized spacial score (nSPS) is 19.0. The molecule has 3 N–H and O–H groups in total. The summed E-state index contributed by atoms with van der Waals surface area (Å²) in [4.78, 5) is 47.8. The summed E-state index contributed by atoms with van der Waals surface area (Å²) in [5, 5.41) is 7.38. The number of rotatable bonds is 5. The fourth-order valence-electron chi connectivity index (χ4n) is 3.29. The summed E-state index contributed by atoms with van der Waals surface area (Å²) >= 11 is 0. The summed E-state index contributed by atoms with van der Waals surface area (Å²) in [6.07, 6.45) is 2.75. The van der Waals surface area contributed by atoms with Crippen molar-refractivity contribution in [3.8, 4) is 0 Å². The van der Waals surface area contributed by atoms with Crippen molar-refractivity contribution in [1.82, 2.24) is 10.6 Å². The molecule has 4 amide bonds. The van der Waals surface area contributed by atoms with Gasteiger partial charge in [-0.15, -0.1) is 0 Å². The van der Waals surface area contributed by atoms with E-state index >= 15 is 0 Å². The molecule has 2 heterocycles. The predicted molar refractivity (Wildman–Crippen MR) is 100.0 cm³/mol. The van der Waals surface area contributed by atoms with Crippen molar-refractivity contribution in [2.45, 2.75) is 38.1 Å². The predicted octanol–water partition coefficient (Wildman–Crippen LogP) is 1.62. The Balaban J connectivity index is 1.63. The van der Waals surface area contributed by atoms with Crippen LogP contribution in [0.3, 0.4) is 0 Å². The Morgan fingerprint density at radius 2 is 1.89 bits per heavy atom. The van der Waals surface area contributed by atoms with Crippen LogP contribution >= 0.6 is 0 Å². The second kappa shape index (κ2) is 8.08. The first-order chi connectivity index (χ1) is 13.4. The van der Waals surface area contributed by atoms with E-state index in [-0.39, 0.29) is 24.8 Å². The first-order valence-electron chi connectivity index (χ1n) is 9.01. The molecule has 8 heteroatoms. The van der Waals surface area contributed by atoms with Crippen LogP contribution in [-0.2, 0) is 31.1 Å². The topological polar surface area (TPSA) is 118 Å². The number of carbonyl (C=O) groups is 4. The first-order valence-corrected chi connectivity index (χ1v) is 9.01. The molecule has 3 rings (SSSR count). The van der Waals surface area contributed by atoms with Crippen molar-refractivity contribution in [2.75, 3.05) is 5.32 Å². The van der Waals surface area contributed by atoms with Gasteiger partial charge in [0, 0.05) is 12.1 Å². The van der Waals surface area contributed by atoms with Gasteiger partial charge in [0.2, 0.25) is 11.8 Å². The molecule has 0 aliphatic carbocycles. The van der Waals surface area contributed by atoms with Gasteiger partial charge in [-0.3, -0.25) is 24.5 Å². The highest BCUT2D eigenvalue weighted by molar-refractivity contribution is 6.39. The zero-order valence-electron chi connectivity index (χ0n) is 15.4. The third kappa shape index (κ3) is 3.95. The quantitative estimate of drug-likeness (QED) is 0.536. The first kappa shape index (κ1) is 19.3. The van der Waals surface area contributed by atoms with Crippen molar-refractivity contribution < 1.29 is 23.6 Å². The van der Waals surface area contributed by atoms with E-state index in [0.29, 0.717) is 24.3 Å². The van der Waals surface area contributed by atoms with Gasteiger partial charge in [-0.25, -0.2) is 0 Å². The van der Waals surface area contributed by atoms with Crippen molar-refractivity contribution in [3.05, 3.63) is 54.0 Å². The Bertz CT molecular complexity index is 889. The molecule has 0 bridgehead atoms. The molecule has 2 aromatic rings. The van der Waals surface area contributed by atoms with Crippen LogP contribution in [-0.4, -0.2) is 23.6 Å². The van der Waals surface area contributed by atoms with Gasteiger partial charge in [0.1, 0.15) is 5.76 Å². The molecule has 1 fully saturated rings. The van der Waals surface area contributed by atoms with Crippen LogP contribution < -0.4 is 16.0 Å². The van der Waals surface area contributed by atoms with E-state index in [4.69, 9.17) is 4.42 Å². The van der Waals surface area contributed by atoms with Crippen LogP contribution in [0.15, 0.2) is 47.1 Å². The lowest BCUT2D eigenvalue weighted by molar-refractivity contribution is -0.138. The molecule has 1 aromatic carbocycles. The van der Waals surface area contributed by atoms with Crippen LogP contribution in [0.4, 0.5) is 5.69 Å². The van der Waals surface area contributed by atoms with Crippen LogP contribution in [0.2, 0.25) is 0 Å². The summed E-state index contributed by atoms with van der Waals surface area (Å²) < 4.78 is 5.09. The average molecular weight is 383 g/mol. The maximum absolute atomic E-state index is 12.4. The fourth-order valence-corrected chi connectivity index (χ4v) is 3.29. The van der Waals surface area contributed by atoms with Crippen molar-refractivity contribution in [1.29, 1.82) is 0 Å².